The maximum Gasteiger partial charge on any atom is 0.344 e. The van der Waals surface area contributed by atoms with E-state index in [9.17, 15) is 4.79 Å². The van der Waals surface area contributed by atoms with Gasteiger partial charge >= 0.3 is 5.63 Å². The molecule has 4 heteroatoms. The van der Waals surface area contributed by atoms with Crippen molar-refractivity contribution < 1.29 is 9.15 Å². The molecule has 1 aromatic heterocycles. The normalized spacial score (nSPS) is 10.8. The van der Waals surface area contributed by atoms with Crippen LogP contribution in [0.25, 0.3) is 22.1 Å². The first-order valence-corrected chi connectivity index (χ1v) is 8.58. The van der Waals surface area contributed by atoms with Crippen molar-refractivity contribution >= 4 is 22.6 Å². The Hall–Kier alpha value is -3.04. The lowest BCUT2D eigenvalue weighted by Crippen LogP contribution is -2.02. The van der Waals surface area contributed by atoms with E-state index in [4.69, 9.17) is 20.8 Å². The van der Waals surface area contributed by atoms with Gasteiger partial charge in [-0.05, 0) is 29.8 Å². The van der Waals surface area contributed by atoms with E-state index in [2.05, 4.69) is 0 Å². The predicted molar refractivity (Wildman–Crippen MR) is 104 cm³/mol. The van der Waals surface area contributed by atoms with E-state index >= 15 is 0 Å². The molecule has 0 aliphatic rings. The summed E-state index contributed by atoms with van der Waals surface area (Å²) in [5.74, 6) is 0.619. The molecule has 0 N–H and O–H groups in total. The zero-order chi connectivity index (χ0) is 17.9. The molecule has 3 aromatic carbocycles. The van der Waals surface area contributed by atoms with Crippen LogP contribution in [0.5, 0.6) is 5.75 Å². The van der Waals surface area contributed by atoms with Crippen molar-refractivity contribution in [2.75, 3.05) is 0 Å². The first-order chi connectivity index (χ1) is 12.7. The minimum absolute atomic E-state index is 0.345. The van der Waals surface area contributed by atoms with Crippen LogP contribution < -0.4 is 10.4 Å². The molecule has 128 valence electrons. The van der Waals surface area contributed by atoms with Gasteiger partial charge in [0.05, 0.1) is 5.56 Å². The average molecular weight is 363 g/mol. The van der Waals surface area contributed by atoms with Crippen LogP contribution >= 0.6 is 11.6 Å². The number of hydrogen-bond acceptors (Lipinski definition) is 3. The van der Waals surface area contributed by atoms with Gasteiger partial charge in [-0.3, -0.25) is 0 Å². The van der Waals surface area contributed by atoms with Crippen LogP contribution in [0.15, 0.2) is 88.1 Å². The third-order valence-electron chi connectivity index (χ3n) is 4.14. The molecule has 0 amide bonds. The third kappa shape index (κ3) is 3.35. The van der Waals surface area contributed by atoms with Crippen LogP contribution in [0, 0.1) is 0 Å². The molecule has 26 heavy (non-hydrogen) atoms. The van der Waals surface area contributed by atoms with Gasteiger partial charge in [0.1, 0.15) is 17.9 Å². The van der Waals surface area contributed by atoms with Crippen molar-refractivity contribution in [3.8, 4) is 16.9 Å². The Morgan fingerprint density at radius 1 is 0.885 bits per heavy atom. The van der Waals surface area contributed by atoms with Gasteiger partial charge in [0, 0.05) is 22.0 Å². The summed E-state index contributed by atoms with van der Waals surface area (Å²) >= 11 is 6.14. The fourth-order valence-electron chi connectivity index (χ4n) is 2.78. The van der Waals surface area contributed by atoms with Crippen molar-refractivity contribution in [3.05, 3.63) is 99.9 Å². The molecule has 3 nitrogen and oxygen atoms in total. The van der Waals surface area contributed by atoms with E-state index in [-0.39, 0.29) is 5.63 Å². The molecule has 0 radical (unpaired) electrons. The van der Waals surface area contributed by atoms with Crippen LogP contribution in [0.4, 0.5) is 0 Å². The Morgan fingerprint density at radius 3 is 2.46 bits per heavy atom. The van der Waals surface area contributed by atoms with E-state index in [1.54, 1.807) is 6.07 Å². The molecule has 4 aromatic rings. The average Bonchev–Trinajstić information content (AvgIpc) is 2.67. The minimum atomic E-state index is -0.369. The first kappa shape index (κ1) is 16.4. The molecule has 0 aliphatic carbocycles. The van der Waals surface area contributed by atoms with Crippen LogP contribution in [0.3, 0.4) is 0 Å². The van der Waals surface area contributed by atoms with Gasteiger partial charge in [0.2, 0.25) is 0 Å². The number of hydrogen-bond donors (Lipinski definition) is 0. The molecule has 0 atom stereocenters. The molecule has 0 fully saturated rings. The van der Waals surface area contributed by atoms with Crippen molar-refractivity contribution in [1.29, 1.82) is 0 Å². The third-order valence-corrected chi connectivity index (χ3v) is 4.51. The largest absolute Gasteiger partial charge is 0.489 e. The van der Waals surface area contributed by atoms with Crippen molar-refractivity contribution in [3.63, 3.8) is 0 Å². The summed E-state index contributed by atoms with van der Waals surface area (Å²) < 4.78 is 11.3. The molecule has 0 bridgehead atoms. The highest BCUT2D eigenvalue weighted by molar-refractivity contribution is 6.31. The second-order valence-electron chi connectivity index (χ2n) is 5.89. The van der Waals surface area contributed by atoms with Gasteiger partial charge in [-0.15, -0.1) is 0 Å². The summed E-state index contributed by atoms with van der Waals surface area (Å²) in [6.45, 7) is 0.345. The summed E-state index contributed by atoms with van der Waals surface area (Å²) in [5.41, 5.74) is 2.40. The fraction of sp³-hybridized carbons (Fsp3) is 0.0455. The topological polar surface area (TPSA) is 39.4 Å². The number of fused-ring (bicyclic) bond motifs is 1. The van der Waals surface area contributed by atoms with Crippen molar-refractivity contribution in [2.24, 2.45) is 0 Å². The molecule has 1 heterocycles. The fourth-order valence-corrected chi connectivity index (χ4v) is 2.97. The van der Waals surface area contributed by atoms with Gasteiger partial charge < -0.3 is 9.15 Å². The van der Waals surface area contributed by atoms with E-state index in [1.807, 2.05) is 72.8 Å². The number of halogens is 1. The Morgan fingerprint density at radius 2 is 1.65 bits per heavy atom. The van der Waals surface area contributed by atoms with E-state index < -0.39 is 0 Å². The van der Waals surface area contributed by atoms with E-state index in [1.165, 1.54) is 0 Å². The summed E-state index contributed by atoms with van der Waals surface area (Å²) in [4.78, 5) is 12.3. The van der Waals surface area contributed by atoms with Gasteiger partial charge in [-0.1, -0.05) is 60.1 Å². The maximum absolute atomic E-state index is 12.3. The molecule has 0 aliphatic heterocycles. The van der Waals surface area contributed by atoms with Gasteiger partial charge in [0.15, 0.2) is 0 Å². The quantitative estimate of drug-likeness (QED) is 0.437. The summed E-state index contributed by atoms with van der Waals surface area (Å²) in [6.07, 6.45) is 0. The Bertz CT molecular complexity index is 1120. The zero-order valence-corrected chi connectivity index (χ0v) is 14.6. The smallest absolute Gasteiger partial charge is 0.344 e. The van der Waals surface area contributed by atoms with Crippen LogP contribution in [-0.2, 0) is 6.61 Å². The minimum Gasteiger partial charge on any atom is -0.489 e. The molecule has 0 spiro atoms. The second kappa shape index (κ2) is 7.06. The van der Waals surface area contributed by atoms with E-state index in [0.29, 0.717) is 28.5 Å². The number of rotatable bonds is 4. The summed E-state index contributed by atoms with van der Waals surface area (Å²) in [5, 5.41) is 1.50. The predicted octanol–water partition coefficient (Wildman–Crippen LogP) is 5.69. The van der Waals surface area contributed by atoms with Crippen molar-refractivity contribution in [2.45, 2.75) is 6.61 Å². The van der Waals surface area contributed by atoms with Gasteiger partial charge in [0.25, 0.3) is 0 Å². The highest BCUT2D eigenvalue weighted by atomic mass is 35.5. The lowest BCUT2D eigenvalue weighted by atomic mass is 10.1. The number of benzene rings is 3. The highest BCUT2D eigenvalue weighted by Gasteiger charge is 2.09. The van der Waals surface area contributed by atoms with Crippen LogP contribution in [0.1, 0.15) is 5.56 Å². The van der Waals surface area contributed by atoms with Crippen molar-refractivity contribution in [1.82, 2.24) is 0 Å². The van der Waals surface area contributed by atoms with E-state index in [0.717, 1.165) is 16.5 Å². The molecular formula is C22H15ClO3. The lowest BCUT2D eigenvalue weighted by Gasteiger charge is -2.09. The lowest BCUT2D eigenvalue weighted by molar-refractivity contribution is 0.306. The molecule has 0 saturated carbocycles. The molecule has 0 saturated heterocycles. The summed E-state index contributed by atoms with van der Waals surface area (Å²) in [6, 6.07) is 24.3. The highest BCUT2D eigenvalue weighted by Crippen LogP contribution is 2.25. The zero-order valence-electron chi connectivity index (χ0n) is 13.8. The second-order valence-corrected chi connectivity index (χ2v) is 6.30. The maximum atomic E-state index is 12.3. The van der Waals surface area contributed by atoms with Gasteiger partial charge in [-0.25, -0.2) is 4.79 Å². The Balaban J connectivity index is 1.64. The Labute approximate surface area is 155 Å². The molecule has 0 unspecified atom stereocenters. The molecular weight excluding hydrogens is 348 g/mol. The standard InChI is InChI=1S/C22H15ClO3/c23-20-9-5-4-8-17(20)14-25-18-11-10-16-12-19(15-6-2-1-3-7-15)22(24)26-21(16)13-18/h1-13H,14H2. The number of ether oxygens (including phenoxy) is 1. The van der Waals surface area contributed by atoms with Crippen LogP contribution in [0.2, 0.25) is 5.02 Å². The molecule has 4 rings (SSSR count). The SMILES string of the molecule is O=c1oc2cc(OCc3ccccc3Cl)ccc2cc1-c1ccccc1. The summed E-state index contributed by atoms with van der Waals surface area (Å²) in [7, 11) is 0. The van der Waals surface area contributed by atoms with Gasteiger partial charge in [-0.2, -0.15) is 0 Å². The monoisotopic (exact) mass is 362 g/mol. The Kier molecular flexibility index (Phi) is 4.46. The van der Waals surface area contributed by atoms with Crippen LogP contribution in [-0.4, -0.2) is 0 Å². The first-order valence-electron chi connectivity index (χ1n) is 8.20.